The van der Waals surface area contributed by atoms with Crippen LogP contribution in [0.1, 0.15) is 11.3 Å². The first kappa shape index (κ1) is 17.6. The number of nitrogens with zero attached hydrogens (tertiary/aromatic N) is 2. The van der Waals surface area contributed by atoms with E-state index in [1.54, 1.807) is 6.20 Å². The second-order valence-corrected chi connectivity index (χ2v) is 7.28. The highest BCUT2D eigenvalue weighted by Gasteiger charge is 2.13. The molecule has 0 unspecified atom stereocenters. The van der Waals surface area contributed by atoms with Gasteiger partial charge in [0.05, 0.1) is 0 Å². The van der Waals surface area contributed by atoms with Gasteiger partial charge < -0.3 is 15.5 Å². The van der Waals surface area contributed by atoms with Crippen molar-refractivity contribution in [3.63, 3.8) is 0 Å². The minimum atomic E-state index is -0.183. The molecule has 132 valence electrons. The number of anilines is 2. The smallest absolute Gasteiger partial charge is 0.319 e. The fraction of sp³-hybridized carbons (Fsp3) is 0.368. The lowest BCUT2D eigenvalue weighted by Gasteiger charge is -2.30. The van der Waals surface area contributed by atoms with Crippen LogP contribution in [0.2, 0.25) is 0 Å². The van der Waals surface area contributed by atoms with E-state index in [9.17, 15) is 4.79 Å². The molecule has 1 aliphatic heterocycles. The second kappa shape index (κ2) is 8.76. The summed E-state index contributed by atoms with van der Waals surface area (Å²) in [5.41, 5.74) is 4.25. The summed E-state index contributed by atoms with van der Waals surface area (Å²) in [5.74, 6) is 2.36. The molecule has 25 heavy (non-hydrogen) atoms. The molecule has 1 aromatic heterocycles. The maximum atomic E-state index is 12.0. The van der Waals surface area contributed by atoms with Crippen LogP contribution in [-0.4, -0.2) is 42.2 Å². The van der Waals surface area contributed by atoms with Gasteiger partial charge in [0.25, 0.3) is 0 Å². The Kier molecular flexibility index (Phi) is 6.17. The van der Waals surface area contributed by atoms with Crippen molar-refractivity contribution < 1.29 is 4.79 Å². The van der Waals surface area contributed by atoms with Crippen LogP contribution in [-0.2, 0) is 6.42 Å². The molecule has 6 heteroatoms. The Hall–Kier alpha value is -2.21. The second-order valence-electron chi connectivity index (χ2n) is 6.05. The largest absolute Gasteiger partial charge is 0.370 e. The van der Waals surface area contributed by atoms with Crippen molar-refractivity contribution in [2.24, 2.45) is 0 Å². The Bertz CT molecular complexity index is 702. The first-order chi connectivity index (χ1) is 12.2. The van der Waals surface area contributed by atoms with Gasteiger partial charge >= 0.3 is 6.03 Å². The lowest BCUT2D eigenvalue weighted by Crippen LogP contribution is -2.33. The highest BCUT2D eigenvalue weighted by molar-refractivity contribution is 7.99. The summed E-state index contributed by atoms with van der Waals surface area (Å²) in [6, 6.07) is 11.7. The lowest BCUT2D eigenvalue weighted by atomic mass is 10.1. The molecule has 0 atom stereocenters. The molecule has 5 nitrogen and oxygen atoms in total. The molecule has 1 fully saturated rings. The molecule has 1 saturated heterocycles. The number of carbonyl (C=O) groups is 1. The van der Waals surface area contributed by atoms with Crippen LogP contribution in [0.25, 0.3) is 0 Å². The fourth-order valence-electron chi connectivity index (χ4n) is 2.92. The van der Waals surface area contributed by atoms with Gasteiger partial charge in [-0.2, -0.15) is 11.8 Å². The molecule has 2 N–H and O–H groups in total. The highest BCUT2D eigenvalue weighted by Crippen LogP contribution is 2.26. The molecule has 0 bridgehead atoms. The van der Waals surface area contributed by atoms with Crippen molar-refractivity contribution >= 4 is 29.2 Å². The summed E-state index contributed by atoms with van der Waals surface area (Å²) < 4.78 is 0. The van der Waals surface area contributed by atoms with E-state index in [2.05, 4.69) is 33.5 Å². The van der Waals surface area contributed by atoms with E-state index < -0.39 is 0 Å². The van der Waals surface area contributed by atoms with Crippen LogP contribution < -0.4 is 15.5 Å². The van der Waals surface area contributed by atoms with Crippen LogP contribution >= 0.6 is 11.8 Å². The first-order valence-corrected chi connectivity index (χ1v) is 9.76. The molecule has 3 rings (SSSR count). The third kappa shape index (κ3) is 5.13. The van der Waals surface area contributed by atoms with Crippen molar-refractivity contribution in [2.75, 3.05) is 41.4 Å². The predicted molar refractivity (Wildman–Crippen MR) is 106 cm³/mol. The topological polar surface area (TPSA) is 57.3 Å². The maximum Gasteiger partial charge on any atom is 0.319 e. The summed E-state index contributed by atoms with van der Waals surface area (Å²) in [6.07, 6.45) is 2.49. The van der Waals surface area contributed by atoms with Gasteiger partial charge in [0, 0.05) is 60.8 Å². The van der Waals surface area contributed by atoms with Crippen LogP contribution in [0, 0.1) is 6.92 Å². The number of carbonyl (C=O) groups excluding carboxylic acids is 1. The third-order valence-corrected chi connectivity index (χ3v) is 5.14. The van der Waals surface area contributed by atoms with E-state index in [0.29, 0.717) is 6.54 Å². The zero-order valence-corrected chi connectivity index (χ0v) is 15.3. The average Bonchev–Trinajstić information content (AvgIpc) is 2.63. The van der Waals surface area contributed by atoms with Crippen LogP contribution in [0.3, 0.4) is 0 Å². The van der Waals surface area contributed by atoms with E-state index in [4.69, 9.17) is 0 Å². The van der Waals surface area contributed by atoms with Crippen molar-refractivity contribution in [3.8, 4) is 0 Å². The average molecular weight is 356 g/mol. The van der Waals surface area contributed by atoms with E-state index in [1.165, 1.54) is 22.8 Å². The molecule has 2 amide bonds. The van der Waals surface area contributed by atoms with Crippen LogP contribution in [0.15, 0.2) is 42.6 Å². The summed E-state index contributed by atoms with van der Waals surface area (Å²) in [7, 11) is 0. The molecular weight excluding hydrogens is 332 g/mol. The number of pyridine rings is 1. The highest BCUT2D eigenvalue weighted by atomic mass is 32.2. The van der Waals surface area contributed by atoms with Crippen molar-refractivity contribution in [1.82, 2.24) is 10.3 Å². The Morgan fingerprint density at radius 3 is 2.80 bits per heavy atom. The van der Waals surface area contributed by atoms with E-state index >= 15 is 0 Å². The van der Waals surface area contributed by atoms with Gasteiger partial charge in [0.1, 0.15) is 0 Å². The Morgan fingerprint density at radius 1 is 1.24 bits per heavy atom. The summed E-state index contributed by atoms with van der Waals surface area (Å²) in [5, 5.41) is 5.78. The molecular formula is C19H24N4OS. The molecule has 2 heterocycles. The molecule has 1 aliphatic rings. The molecule has 1 aromatic carbocycles. The number of thioether (sulfide) groups is 1. The molecule has 0 radical (unpaired) electrons. The van der Waals surface area contributed by atoms with Crippen molar-refractivity contribution in [3.05, 3.63) is 53.9 Å². The Morgan fingerprint density at radius 2 is 2.08 bits per heavy atom. The van der Waals surface area contributed by atoms with Gasteiger partial charge in [0.2, 0.25) is 0 Å². The summed E-state index contributed by atoms with van der Waals surface area (Å²) in [4.78, 5) is 18.7. The van der Waals surface area contributed by atoms with Crippen molar-refractivity contribution in [1.29, 1.82) is 0 Å². The Labute approximate surface area is 153 Å². The number of aryl methyl sites for hydroxylation is 1. The van der Waals surface area contributed by atoms with Crippen LogP contribution in [0.5, 0.6) is 0 Å². The van der Waals surface area contributed by atoms with Crippen LogP contribution in [0.4, 0.5) is 16.2 Å². The number of urea groups is 1. The molecule has 2 aromatic rings. The number of rotatable bonds is 5. The molecule has 0 saturated carbocycles. The maximum absolute atomic E-state index is 12.0. The minimum absolute atomic E-state index is 0.183. The standard InChI is InChI=1S/C19H24N4OS/c1-15-14-17(5-6-18(15)23-10-12-25-13-11-23)22-19(24)21-9-7-16-4-2-3-8-20-16/h2-6,8,14H,7,9-13H2,1H3,(H2,21,22,24). The monoisotopic (exact) mass is 356 g/mol. The quantitative estimate of drug-likeness (QED) is 0.863. The van der Waals surface area contributed by atoms with E-state index in [-0.39, 0.29) is 6.03 Å². The zero-order valence-electron chi connectivity index (χ0n) is 14.5. The van der Waals surface area contributed by atoms with Gasteiger partial charge in [-0.1, -0.05) is 6.07 Å². The minimum Gasteiger partial charge on any atom is -0.370 e. The SMILES string of the molecule is Cc1cc(NC(=O)NCCc2ccccn2)ccc1N1CCSCC1. The number of benzene rings is 1. The third-order valence-electron chi connectivity index (χ3n) is 4.20. The number of aromatic nitrogens is 1. The van der Waals surface area contributed by atoms with E-state index in [0.717, 1.165) is 30.9 Å². The van der Waals surface area contributed by atoms with Gasteiger partial charge in [-0.15, -0.1) is 0 Å². The normalized spacial score (nSPS) is 14.2. The summed E-state index contributed by atoms with van der Waals surface area (Å²) in [6.45, 7) is 4.84. The molecule has 0 aliphatic carbocycles. The molecule has 0 spiro atoms. The number of hydrogen-bond acceptors (Lipinski definition) is 4. The zero-order chi connectivity index (χ0) is 17.5. The first-order valence-electron chi connectivity index (χ1n) is 8.60. The van der Waals surface area contributed by atoms with Gasteiger partial charge in [-0.25, -0.2) is 4.79 Å². The number of hydrogen-bond donors (Lipinski definition) is 2. The van der Waals surface area contributed by atoms with Crippen molar-refractivity contribution in [2.45, 2.75) is 13.3 Å². The van der Waals surface area contributed by atoms with Gasteiger partial charge in [-0.05, 0) is 42.8 Å². The number of nitrogens with one attached hydrogen (secondary N) is 2. The predicted octanol–water partition coefficient (Wildman–Crippen LogP) is 3.31. The van der Waals surface area contributed by atoms with E-state index in [1.807, 2.05) is 42.1 Å². The lowest BCUT2D eigenvalue weighted by molar-refractivity contribution is 0.252. The number of amides is 2. The fourth-order valence-corrected chi connectivity index (χ4v) is 3.82. The van der Waals surface area contributed by atoms with Gasteiger partial charge in [-0.3, -0.25) is 4.98 Å². The summed E-state index contributed by atoms with van der Waals surface area (Å²) >= 11 is 2.01. The van der Waals surface area contributed by atoms with Gasteiger partial charge in [0.15, 0.2) is 0 Å². The Balaban J connectivity index is 1.50.